The van der Waals surface area contributed by atoms with Crippen molar-refractivity contribution >= 4 is 54.6 Å². The van der Waals surface area contributed by atoms with E-state index in [0.29, 0.717) is 0 Å². The van der Waals surface area contributed by atoms with Gasteiger partial charge in [0, 0.05) is 17.1 Å². The van der Waals surface area contributed by atoms with E-state index in [4.69, 9.17) is 0 Å². The number of benzene rings is 2. The number of nitro benzene ring substituents is 2. The average molecular weight is 649 g/mol. The largest absolute Gasteiger partial charge is 0.418 e. The SMILES string of the molecule is CCN(c1cc(C(F)(F)F)c(Br)c(C(F)(F)F)c1Br)c1c([N+](=O)[O-])cc([N+](=O)[O-])cc1C(F)(F)F. The molecule has 0 spiro atoms. The maximum Gasteiger partial charge on any atom is 0.418 e. The minimum atomic E-state index is -5.53. The quantitative estimate of drug-likeness (QED) is 0.185. The molecule has 0 N–H and O–H groups in total. The molecule has 192 valence electrons. The molecule has 0 unspecified atom stereocenters. The first-order valence-corrected chi connectivity index (χ1v) is 10.3. The molecule has 0 heterocycles. The molecule has 0 aliphatic carbocycles. The molecule has 0 aromatic heterocycles. The van der Waals surface area contributed by atoms with E-state index in [0.717, 1.165) is 6.92 Å². The Kier molecular flexibility index (Phi) is 7.71. The van der Waals surface area contributed by atoms with Gasteiger partial charge >= 0.3 is 18.5 Å². The van der Waals surface area contributed by atoms with Crippen molar-refractivity contribution in [2.45, 2.75) is 25.5 Å². The number of anilines is 2. The molecular formula is C17H8Br2F9N3O4. The van der Waals surface area contributed by atoms with Crippen LogP contribution < -0.4 is 4.90 Å². The van der Waals surface area contributed by atoms with Gasteiger partial charge in [-0.15, -0.1) is 0 Å². The zero-order valence-corrected chi connectivity index (χ0v) is 19.7. The van der Waals surface area contributed by atoms with Crippen LogP contribution >= 0.6 is 31.9 Å². The van der Waals surface area contributed by atoms with E-state index in [1.54, 1.807) is 0 Å². The summed E-state index contributed by atoms with van der Waals surface area (Å²) in [5.41, 5.74) is -11.5. The van der Waals surface area contributed by atoms with Crippen LogP contribution in [-0.4, -0.2) is 16.4 Å². The highest BCUT2D eigenvalue weighted by Gasteiger charge is 2.46. The third-order valence-corrected chi connectivity index (χ3v) is 6.06. The Morgan fingerprint density at radius 2 is 1.31 bits per heavy atom. The molecule has 2 rings (SSSR count). The van der Waals surface area contributed by atoms with E-state index in [9.17, 15) is 59.7 Å². The van der Waals surface area contributed by atoms with E-state index in [2.05, 4.69) is 31.9 Å². The molecule has 2 aromatic carbocycles. The lowest BCUT2D eigenvalue weighted by atomic mass is 10.0. The Balaban J connectivity index is 3.13. The van der Waals surface area contributed by atoms with Crippen molar-refractivity contribution in [2.75, 3.05) is 11.4 Å². The molecular weight excluding hydrogens is 641 g/mol. The van der Waals surface area contributed by atoms with Gasteiger partial charge in [-0.05, 0) is 44.8 Å². The predicted molar refractivity (Wildman–Crippen MR) is 109 cm³/mol. The molecule has 0 amide bonds. The summed E-state index contributed by atoms with van der Waals surface area (Å²) in [7, 11) is 0. The van der Waals surface area contributed by atoms with Crippen LogP contribution in [0.3, 0.4) is 0 Å². The van der Waals surface area contributed by atoms with Crippen LogP contribution in [0.4, 0.5) is 62.3 Å². The Bertz CT molecular complexity index is 1200. The maximum atomic E-state index is 13.8. The highest BCUT2D eigenvalue weighted by atomic mass is 79.9. The lowest BCUT2D eigenvalue weighted by Gasteiger charge is -2.29. The number of nitro groups is 2. The number of rotatable bonds is 5. The molecule has 0 aliphatic rings. The molecule has 2 aromatic rings. The number of halogens is 11. The van der Waals surface area contributed by atoms with E-state index in [-0.39, 0.29) is 23.1 Å². The topological polar surface area (TPSA) is 89.5 Å². The molecule has 35 heavy (non-hydrogen) atoms. The molecule has 7 nitrogen and oxygen atoms in total. The van der Waals surface area contributed by atoms with Gasteiger partial charge in [-0.1, -0.05) is 0 Å². The Labute approximate surface area is 205 Å². The van der Waals surface area contributed by atoms with Gasteiger partial charge in [0.05, 0.1) is 42.8 Å². The monoisotopic (exact) mass is 647 g/mol. The van der Waals surface area contributed by atoms with Gasteiger partial charge in [-0.3, -0.25) is 20.2 Å². The number of alkyl halides is 9. The van der Waals surface area contributed by atoms with Gasteiger partial charge < -0.3 is 4.90 Å². The molecule has 18 heteroatoms. The zero-order valence-electron chi connectivity index (χ0n) is 16.6. The number of nitrogens with zero attached hydrogens (tertiary/aromatic N) is 3. The first-order chi connectivity index (χ1) is 15.7. The van der Waals surface area contributed by atoms with Crippen LogP contribution in [0.5, 0.6) is 0 Å². The molecule has 0 aliphatic heterocycles. The fourth-order valence-electron chi connectivity index (χ4n) is 3.07. The lowest BCUT2D eigenvalue weighted by Crippen LogP contribution is -2.25. The first-order valence-electron chi connectivity index (χ1n) is 8.71. The summed E-state index contributed by atoms with van der Waals surface area (Å²) in [6.45, 7) is 0.191. The third kappa shape index (κ3) is 5.62. The Morgan fingerprint density at radius 3 is 1.69 bits per heavy atom. The van der Waals surface area contributed by atoms with Crippen LogP contribution in [-0.2, 0) is 18.5 Å². The number of hydrogen-bond donors (Lipinski definition) is 0. The second-order valence-electron chi connectivity index (χ2n) is 6.56. The van der Waals surface area contributed by atoms with E-state index >= 15 is 0 Å². The summed E-state index contributed by atoms with van der Waals surface area (Å²) in [6.07, 6.45) is -16.4. The molecule has 0 fully saturated rings. The van der Waals surface area contributed by atoms with Gasteiger partial charge in [0.15, 0.2) is 0 Å². The van der Waals surface area contributed by atoms with Crippen molar-refractivity contribution in [2.24, 2.45) is 0 Å². The fraction of sp³-hybridized carbons (Fsp3) is 0.294. The summed E-state index contributed by atoms with van der Waals surface area (Å²) in [4.78, 5) is 19.9. The third-order valence-electron chi connectivity index (χ3n) is 4.43. The second kappa shape index (κ2) is 9.44. The Hall–Kier alpha value is -2.63. The average Bonchev–Trinajstić information content (AvgIpc) is 2.66. The number of non-ortho nitro benzene ring substituents is 1. The van der Waals surface area contributed by atoms with E-state index in [1.165, 1.54) is 0 Å². The highest BCUT2D eigenvalue weighted by Crippen LogP contribution is 2.53. The minimum Gasteiger partial charge on any atom is -0.335 e. The zero-order chi connectivity index (χ0) is 27.3. The Morgan fingerprint density at radius 1 is 0.800 bits per heavy atom. The van der Waals surface area contributed by atoms with Crippen molar-refractivity contribution in [1.82, 2.24) is 0 Å². The van der Waals surface area contributed by atoms with Crippen LogP contribution in [0.2, 0.25) is 0 Å². The smallest absolute Gasteiger partial charge is 0.335 e. The molecule has 0 atom stereocenters. The second-order valence-corrected chi connectivity index (χ2v) is 8.15. The van der Waals surface area contributed by atoms with E-state index in [1.807, 2.05) is 0 Å². The van der Waals surface area contributed by atoms with Crippen LogP contribution in [0.15, 0.2) is 27.1 Å². The summed E-state index contributed by atoms with van der Waals surface area (Å²) in [5, 5.41) is 22.5. The predicted octanol–water partition coefficient (Wildman–Crippen LogP) is 8.24. The first kappa shape index (κ1) is 28.6. The van der Waals surface area contributed by atoms with Gasteiger partial charge in [-0.2, -0.15) is 39.5 Å². The van der Waals surface area contributed by atoms with Crippen molar-refractivity contribution in [3.63, 3.8) is 0 Å². The standard InChI is InChI=1S/C17H8Br2F9N3O4/c1-2-29(9-5-7(15(20,21)22)12(18)11(13(9)19)17(26,27)28)14-8(16(23,24)25)3-6(30(32)33)4-10(14)31(34)35/h3-5H,2H2,1H3. The van der Waals surface area contributed by atoms with Gasteiger partial charge in [0.1, 0.15) is 5.69 Å². The molecule has 0 radical (unpaired) electrons. The van der Waals surface area contributed by atoms with E-state index < -0.39 is 83.3 Å². The number of hydrogen-bond acceptors (Lipinski definition) is 5. The van der Waals surface area contributed by atoms with Gasteiger partial charge in [0.2, 0.25) is 0 Å². The molecule has 0 saturated carbocycles. The summed E-state index contributed by atoms with van der Waals surface area (Å²) in [5.74, 6) is 0. The van der Waals surface area contributed by atoms with Crippen LogP contribution in [0.25, 0.3) is 0 Å². The van der Waals surface area contributed by atoms with Crippen LogP contribution in [0.1, 0.15) is 23.6 Å². The van der Waals surface area contributed by atoms with Crippen molar-refractivity contribution in [3.8, 4) is 0 Å². The summed E-state index contributed by atoms with van der Waals surface area (Å²) in [6, 6.07) is 0.0840. The van der Waals surface area contributed by atoms with Gasteiger partial charge in [0.25, 0.3) is 11.4 Å². The van der Waals surface area contributed by atoms with Gasteiger partial charge in [-0.25, -0.2) is 0 Å². The fourth-order valence-corrected chi connectivity index (χ4v) is 4.85. The summed E-state index contributed by atoms with van der Waals surface area (Å²) < 4.78 is 120. The maximum absolute atomic E-state index is 13.8. The highest BCUT2D eigenvalue weighted by molar-refractivity contribution is 9.11. The summed E-state index contributed by atoms with van der Waals surface area (Å²) >= 11 is 4.69. The normalized spacial score (nSPS) is 12.6. The lowest BCUT2D eigenvalue weighted by molar-refractivity contribution is -0.394. The van der Waals surface area contributed by atoms with Crippen molar-refractivity contribution < 1.29 is 49.4 Å². The van der Waals surface area contributed by atoms with Crippen molar-refractivity contribution in [3.05, 3.63) is 64.1 Å². The van der Waals surface area contributed by atoms with Crippen molar-refractivity contribution in [1.29, 1.82) is 0 Å². The minimum absolute atomic E-state index is 0.0677. The van der Waals surface area contributed by atoms with Crippen LogP contribution in [0, 0.1) is 20.2 Å². The molecule has 0 saturated heterocycles. The molecule has 0 bridgehead atoms.